The van der Waals surface area contributed by atoms with Crippen molar-refractivity contribution in [2.24, 2.45) is 0 Å². The number of carbonyl (C=O) groups is 1. The van der Waals surface area contributed by atoms with Gasteiger partial charge in [-0.25, -0.2) is 0 Å². The Labute approximate surface area is 214 Å². The van der Waals surface area contributed by atoms with Crippen molar-refractivity contribution in [2.75, 3.05) is 33.7 Å². The fourth-order valence-corrected chi connectivity index (χ4v) is 5.79. The van der Waals surface area contributed by atoms with Crippen LogP contribution in [0.25, 0.3) is 0 Å². The number of rotatable bonds is 10. The van der Waals surface area contributed by atoms with Crippen LogP contribution in [-0.4, -0.2) is 73.1 Å². The van der Waals surface area contributed by atoms with E-state index in [1.807, 2.05) is 57.2 Å². The van der Waals surface area contributed by atoms with Crippen molar-refractivity contribution >= 4 is 27.7 Å². The number of benzene rings is 2. The fraction of sp³-hybridized carbons (Fsp3) is 0.480. The van der Waals surface area contributed by atoms with E-state index >= 15 is 0 Å². The van der Waals surface area contributed by atoms with Gasteiger partial charge in [0.25, 0.3) is 10.2 Å². The third-order valence-corrected chi connectivity index (χ3v) is 8.23. The summed E-state index contributed by atoms with van der Waals surface area (Å²) in [5.41, 5.74) is 1.36. The van der Waals surface area contributed by atoms with Crippen LogP contribution >= 0.6 is 11.6 Å². The molecule has 0 fully saturated rings. The maximum atomic E-state index is 13.4. The van der Waals surface area contributed by atoms with Crippen LogP contribution in [0.3, 0.4) is 0 Å². The SMILES string of the molecule is CC(C)N(CCNC(=O)C1c2ccc(Oc3ccccc3)cc2CCN1S(=O)(=O)N(C)C)C(C)Cl. The number of alkyl halides is 1. The summed E-state index contributed by atoms with van der Waals surface area (Å²) in [6, 6.07) is 14.1. The zero-order chi connectivity index (χ0) is 25.8. The topological polar surface area (TPSA) is 82.2 Å². The Bertz CT molecular complexity index is 1100. The van der Waals surface area contributed by atoms with E-state index in [1.165, 1.54) is 18.4 Å². The lowest BCUT2D eigenvalue weighted by Crippen LogP contribution is -2.51. The minimum atomic E-state index is -3.82. The van der Waals surface area contributed by atoms with Gasteiger partial charge in [0, 0.05) is 39.8 Å². The molecule has 1 aliphatic heterocycles. The van der Waals surface area contributed by atoms with Crippen LogP contribution in [0.4, 0.5) is 0 Å². The number of hydrogen-bond acceptors (Lipinski definition) is 5. The second kappa shape index (κ2) is 11.7. The van der Waals surface area contributed by atoms with E-state index in [9.17, 15) is 13.2 Å². The molecule has 0 bridgehead atoms. The Hall–Kier alpha value is -2.17. The van der Waals surface area contributed by atoms with Crippen LogP contribution in [0, 0.1) is 0 Å². The van der Waals surface area contributed by atoms with E-state index in [2.05, 4.69) is 10.2 Å². The van der Waals surface area contributed by atoms with Crippen molar-refractivity contribution < 1.29 is 17.9 Å². The fourth-order valence-electron chi connectivity index (χ4n) is 4.25. The van der Waals surface area contributed by atoms with Gasteiger partial charge in [0.05, 0.1) is 5.50 Å². The average molecular weight is 523 g/mol. The van der Waals surface area contributed by atoms with Crippen LogP contribution in [0.15, 0.2) is 48.5 Å². The summed E-state index contributed by atoms with van der Waals surface area (Å²) in [6.45, 7) is 7.07. The van der Waals surface area contributed by atoms with Crippen molar-refractivity contribution in [3.05, 3.63) is 59.7 Å². The molecule has 35 heavy (non-hydrogen) atoms. The standard InChI is InChI=1S/C25H35ClN4O4S/c1-18(2)29(19(3)26)16-14-27-25(31)24-23-12-11-22(34-21-9-7-6-8-10-21)17-20(23)13-15-30(24)35(32,33)28(4)5/h6-12,17-19,24H,13-16H2,1-5H3,(H,27,31). The van der Waals surface area contributed by atoms with Gasteiger partial charge in [-0.2, -0.15) is 17.0 Å². The van der Waals surface area contributed by atoms with Gasteiger partial charge in [0.15, 0.2) is 0 Å². The van der Waals surface area contributed by atoms with E-state index in [1.54, 1.807) is 12.1 Å². The lowest BCUT2D eigenvalue weighted by molar-refractivity contribution is -0.125. The number of ether oxygens (including phenoxy) is 1. The van der Waals surface area contributed by atoms with Gasteiger partial charge in [-0.1, -0.05) is 24.3 Å². The molecule has 1 heterocycles. The van der Waals surface area contributed by atoms with E-state index in [4.69, 9.17) is 16.3 Å². The molecule has 192 valence electrons. The van der Waals surface area contributed by atoms with Gasteiger partial charge in [-0.15, -0.1) is 11.6 Å². The minimum Gasteiger partial charge on any atom is -0.457 e. The lowest BCUT2D eigenvalue weighted by Gasteiger charge is -2.37. The predicted molar refractivity (Wildman–Crippen MR) is 139 cm³/mol. The first-order valence-electron chi connectivity index (χ1n) is 11.7. The number of nitrogens with zero attached hydrogens (tertiary/aromatic N) is 3. The number of para-hydroxylation sites is 1. The van der Waals surface area contributed by atoms with Crippen molar-refractivity contribution in [1.29, 1.82) is 0 Å². The Morgan fingerprint density at radius 3 is 2.43 bits per heavy atom. The van der Waals surface area contributed by atoms with Gasteiger partial charge >= 0.3 is 0 Å². The normalized spacial score (nSPS) is 17.5. The summed E-state index contributed by atoms with van der Waals surface area (Å²) in [4.78, 5) is 15.5. The summed E-state index contributed by atoms with van der Waals surface area (Å²) in [5.74, 6) is 0.985. The number of carbonyl (C=O) groups excluding carboxylic acids is 1. The van der Waals surface area contributed by atoms with Crippen molar-refractivity contribution in [3.8, 4) is 11.5 Å². The number of halogens is 1. The first-order chi connectivity index (χ1) is 16.5. The molecule has 10 heteroatoms. The van der Waals surface area contributed by atoms with E-state index in [-0.39, 0.29) is 24.0 Å². The molecular formula is C25H35ClN4O4S. The van der Waals surface area contributed by atoms with E-state index in [0.717, 1.165) is 9.87 Å². The van der Waals surface area contributed by atoms with E-state index < -0.39 is 16.3 Å². The second-order valence-corrected chi connectivity index (χ2v) is 11.8. The lowest BCUT2D eigenvalue weighted by atomic mass is 9.93. The van der Waals surface area contributed by atoms with Crippen LogP contribution in [0.1, 0.15) is 37.9 Å². The van der Waals surface area contributed by atoms with Crippen LogP contribution < -0.4 is 10.1 Å². The molecule has 0 spiro atoms. The van der Waals surface area contributed by atoms with Gasteiger partial charge in [0.1, 0.15) is 17.5 Å². The number of hydrogen-bond donors (Lipinski definition) is 1. The van der Waals surface area contributed by atoms with Gasteiger partial charge in [-0.05, 0) is 62.6 Å². The molecule has 1 amide bonds. The Balaban J connectivity index is 1.87. The highest BCUT2D eigenvalue weighted by atomic mass is 35.5. The van der Waals surface area contributed by atoms with E-state index in [0.29, 0.717) is 36.6 Å². The quantitative estimate of drug-likeness (QED) is 0.381. The molecule has 0 saturated carbocycles. The summed E-state index contributed by atoms with van der Waals surface area (Å²) in [7, 11) is -0.878. The molecule has 2 atom stereocenters. The van der Waals surface area contributed by atoms with Crippen molar-refractivity contribution in [2.45, 2.75) is 44.8 Å². The van der Waals surface area contributed by atoms with Gasteiger partial charge in [0.2, 0.25) is 5.91 Å². The summed E-state index contributed by atoms with van der Waals surface area (Å²) < 4.78 is 34.6. The highest BCUT2D eigenvalue weighted by Crippen LogP contribution is 2.35. The zero-order valence-electron chi connectivity index (χ0n) is 20.9. The summed E-state index contributed by atoms with van der Waals surface area (Å²) in [6.07, 6.45) is 0.475. The van der Waals surface area contributed by atoms with Crippen molar-refractivity contribution in [3.63, 3.8) is 0 Å². The molecule has 1 aliphatic rings. The summed E-state index contributed by atoms with van der Waals surface area (Å²) >= 11 is 6.27. The second-order valence-electron chi connectivity index (χ2n) is 9.03. The molecule has 2 aromatic rings. The minimum absolute atomic E-state index is 0.184. The maximum absolute atomic E-state index is 13.4. The Morgan fingerprint density at radius 1 is 1.14 bits per heavy atom. The molecule has 8 nitrogen and oxygen atoms in total. The van der Waals surface area contributed by atoms with Gasteiger partial charge < -0.3 is 10.1 Å². The number of fused-ring (bicyclic) bond motifs is 1. The molecule has 0 aromatic heterocycles. The zero-order valence-corrected chi connectivity index (χ0v) is 22.5. The number of nitrogens with one attached hydrogen (secondary N) is 1. The highest BCUT2D eigenvalue weighted by molar-refractivity contribution is 7.86. The molecule has 3 rings (SSSR count). The largest absolute Gasteiger partial charge is 0.457 e. The smallest absolute Gasteiger partial charge is 0.282 e. The average Bonchev–Trinajstić information content (AvgIpc) is 2.80. The van der Waals surface area contributed by atoms with Crippen LogP contribution in [0.5, 0.6) is 11.5 Å². The molecule has 2 unspecified atom stereocenters. The molecule has 0 aliphatic carbocycles. The third-order valence-electron chi connectivity index (χ3n) is 6.07. The molecule has 1 N–H and O–H groups in total. The third kappa shape index (κ3) is 6.54. The Morgan fingerprint density at radius 2 is 1.83 bits per heavy atom. The van der Waals surface area contributed by atoms with Gasteiger partial charge in [-0.3, -0.25) is 9.69 Å². The first kappa shape index (κ1) is 27.4. The van der Waals surface area contributed by atoms with Crippen LogP contribution in [0.2, 0.25) is 0 Å². The predicted octanol–water partition coefficient (Wildman–Crippen LogP) is 3.60. The maximum Gasteiger partial charge on any atom is 0.282 e. The monoisotopic (exact) mass is 522 g/mol. The first-order valence-corrected chi connectivity index (χ1v) is 13.6. The number of amides is 1. The molecule has 2 aromatic carbocycles. The highest BCUT2D eigenvalue weighted by Gasteiger charge is 2.41. The van der Waals surface area contributed by atoms with Crippen molar-refractivity contribution in [1.82, 2.24) is 18.8 Å². The Kier molecular flexibility index (Phi) is 9.17. The molecular weight excluding hydrogens is 488 g/mol. The molecule has 0 saturated heterocycles. The van der Waals surface area contributed by atoms with Crippen LogP contribution in [-0.2, 0) is 21.4 Å². The summed E-state index contributed by atoms with van der Waals surface area (Å²) in [5, 5.41) is 2.93. The molecule has 0 radical (unpaired) electrons.